The van der Waals surface area contributed by atoms with Crippen molar-refractivity contribution in [2.75, 3.05) is 19.7 Å². The van der Waals surface area contributed by atoms with E-state index in [9.17, 15) is 9.18 Å². The van der Waals surface area contributed by atoms with Gasteiger partial charge in [0.2, 0.25) is 0 Å². The van der Waals surface area contributed by atoms with Crippen LogP contribution < -0.4 is 5.32 Å². The van der Waals surface area contributed by atoms with Crippen molar-refractivity contribution in [3.63, 3.8) is 0 Å². The number of rotatable bonds is 3. The smallest absolute Gasteiger partial charge is 0.318 e. The zero-order chi connectivity index (χ0) is 18.9. The van der Waals surface area contributed by atoms with E-state index >= 15 is 0 Å². The van der Waals surface area contributed by atoms with Gasteiger partial charge in [0.1, 0.15) is 11.5 Å². The number of hydrogen-bond donors (Lipinski definition) is 1. The van der Waals surface area contributed by atoms with Crippen LogP contribution >= 0.6 is 0 Å². The molecule has 0 unspecified atom stereocenters. The maximum atomic E-state index is 13.9. The van der Waals surface area contributed by atoms with Crippen LogP contribution in [0.1, 0.15) is 44.2 Å². The lowest BCUT2D eigenvalue weighted by molar-refractivity contribution is -0.0927. The number of morpholine rings is 1. The number of para-hydroxylation sites is 1. The van der Waals surface area contributed by atoms with Gasteiger partial charge in [-0.15, -0.1) is 0 Å². The average Bonchev–Trinajstić information content (AvgIpc) is 3.32. The summed E-state index contributed by atoms with van der Waals surface area (Å²) in [6, 6.07) is 6.17. The molecule has 1 N–H and O–H groups in total. The molecule has 2 aromatic rings. The largest absolute Gasteiger partial charge is 0.371 e. The molecule has 144 valence electrons. The lowest BCUT2D eigenvalue weighted by Crippen LogP contribution is -2.55. The van der Waals surface area contributed by atoms with Gasteiger partial charge in [-0.2, -0.15) is 5.10 Å². The predicted molar refractivity (Wildman–Crippen MR) is 99.2 cm³/mol. The Balaban J connectivity index is 1.41. The van der Waals surface area contributed by atoms with Crippen molar-refractivity contribution >= 4 is 6.03 Å². The Kier molecular flexibility index (Phi) is 4.86. The maximum Gasteiger partial charge on any atom is 0.318 e. The molecule has 2 amide bonds. The molecule has 2 aliphatic rings. The summed E-state index contributed by atoms with van der Waals surface area (Å²) in [5.41, 5.74) is 1.07. The summed E-state index contributed by atoms with van der Waals surface area (Å²) < 4.78 is 21.4. The second kappa shape index (κ2) is 7.31. The molecular formula is C20H25FN4O2. The molecule has 1 aliphatic heterocycles. The number of aromatic nitrogens is 2. The molecule has 27 heavy (non-hydrogen) atoms. The number of nitrogens with one attached hydrogen (secondary N) is 1. The fraction of sp³-hybridized carbons (Fsp3) is 0.500. The van der Waals surface area contributed by atoms with Gasteiger partial charge in [0, 0.05) is 18.3 Å². The van der Waals surface area contributed by atoms with Crippen molar-refractivity contribution in [1.82, 2.24) is 20.0 Å². The van der Waals surface area contributed by atoms with Crippen molar-refractivity contribution in [2.24, 2.45) is 0 Å². The zero-order valence-corrected chi connectivity index (χ0v) is 15.5. The molecule has 2 fully saturated rings. The Morgan fingerprint density at radius 1 is 1.33 bits per heavy atom. The number of nitrogens with zero attached hydrogens (tertiary/aromatic N) is 3. The molecule has 1 aromatic carbocycles. The minimum atomic E-state index is -0.334. The number of ether oxygens (including phenoxy) is 1. The molecule has 4 rings (SSSR count). The third kappa shape index (κ3) is 3.69. The monoisotopic (exact) mass is 372 g/mol. The number of amides is 2. The van der Waals surface area contributed by atoms with E-state index in [1.807, 2.05) is 11.8 Å². The maximum absolute atomic E-state index is 13.9. The first-order valence-corrected chi connectivity index (χ1v) is 9.55. The van der Waals surface area contributed by atoms with E-state index in [2.05, 4.69) is 10.4 Å². The van der Waals surface area contributed by atoms with E-state index in [1.165, 1.54) is 23.6 Å². The Morgan fingerprint density at radius 3 is 2.89 bits per heavy atom. The highest BCUT2D eigenvalue weighted by molar-refractivity contribution is 5.75. The van der Waals surface area contributed by atoms with Crippen LogP contribution in [0.3, 0.4) is 0 Å². The summed E-state index contributed by atoms with van der Waals surface area (Å²) in [5.74, 6) is -0.334. The third-order valence-corrected chi connectivity index (χ3v) is 5.59. The summed E-state index contributed by atoms with van der Waals surface area (Å²) in [6.45, 7) is 3.76. The number of urea groups is 1. The van der Waals surface area contributed by atoms with Crippen LogP contribution in [-0.2, 0) is 4.74 Å². The number of carbonyl (C=O) groups is 1. The highest BCUT2D eigenvalue weighted by Crippen LogP contribution is 2.35. The van der Waals surface area contributed by atoms with Crippen molar-refractivity contribution in [3.05, 3.63) is 48.0 Å². The Hall–Kier alpha value is -2.41. The predicted octanol–water partition coefficient (Wildman–Crippen LogP) is 3.43. The number of halogens is 1. The van der Waals surface area contributed by atoms with Gasteiger partial charge in [-0.25, -0.2) is 13.9 Å². The summed E-state index contributed by atoms with van der Waals surface area (Å²) in [4.78, 5) is 14.6. The zero-order valence-electron chi connectivity index (χ0n) is 15.5. The van der Waals surface area contributed by atoms with Gasteiger partial charge in [-0.05, 0) is 31.9 Å². The molecule has 1 saturated carbocycles. The van der Waals surface area contributed by atoms with Crippen molar-refractivity contribution < 1.29 is 13.9 Å². The average molecular weight is 372 g/mol. The van der Waals surface area contributed by atoms with Crippen LogP contribution in [0.4, 0.5) is 9.18 Å². The van der Waals surface area contributed by atoms with E-state index in [1.54, 1.807) is 30.6 Å². The molecule has 2 heterocycles. The number of carbonyl (C=O) groups excluding carboxylic acids is 1. The van der Waals surface area contributed by atoms with Crippen LogP contribution in [0.2, 0.25) is 0 Å². The molecule has 7 heteroatoms. The van der Waals surface area contributed by atoms with E-state index in [0.717, 1.165) is 18.4 Å². The SMILES string of the molecule is C[C@@H](NC(=O)N1CCOC2(CCCC2)C1)c1cnn(-c2ccccc2F)c1. The third-order valence-electron chi connectivity index (χ3n) is 5.59. The minimum Gasteiger partial charge on any atom is -0.371 e. The quantitative estimate of drug-likeness (QED) is 0.898. The molecule has 1 aromatic heterocycles. The van der Waals surface area contributed by atoms with Crippen molar-refractivity contribution in [2.45, 2.75) is 44.2 Å². The summed E-state index contributed by atoms with van der Waals surface area (Å²) in [6.07, 6.45) is 7.81. The van der Waals surface area contributed by atoms with Gasteiger partial charge < -0.3 is 15.0 Å². The van der Waals surface area contributed by atoms with E-state index in [-0.39, 0.29) is 23.5 Å². The summed E-state index contributed by atoms with van der Waals surface area (Å²) >= 11 is 0. The molecule has 6 nitrogen and oxygen atoms in total. The fourth-order valence-electron chi connectivity index (χ4n) is 4.03. The lowest BCUT2D eigenvalue weighted by atomic mass is 10.00. The van der Waals surface area contributed by atoms with Crippen LogP contribution in [0, 0.1) is 5.82 Å². The second-order valence-corrected chi connectivity index (χ2v) is 7.50. The minimum absolute atomic E-state index is 0.0873. The molecule has 1 atom stereocenters. The molecule has 1 saturated heterocycles. The molecule has 0 radical (unpaired) electrons. The van der Waals surface area contributed by atoms with Gasteiger partial charge in [-0.3, -0.25) is 0 Å². The molecule has 1 aliphatic carbocycles. The number of benzene rings is 1. The van der Waals surface area contributed by atoms with Gasteiger partial charge in [-0.1, -0.05) is 25.0 Å². The molecule has 0 bridgehead atoms. The first-order valence-electron chi connectivity index (χ1n) is 9.55. The Bertz CT molecular complexity index is 816. The Morgan fingerprint density at radius 2 is 2.11 bits per heavy atom. The summed E-state index contributed by atoms with van der Waals surface area (Å²) in [5, 5.41) is 7.27. The van der Waals surface area contributed by atoms with E-state index in [4.69, 9.17) is 4.74 Å². The van der Waals surface area contributed by atoms with Crippen LogP contribution in [0.25, 0.3) is 5.69 Å². The Labute approximate surface area is 158 Å². The van der Waals surface area contributed by atoms with E-state index in [0.29, 0.717) is 25.4 Å². The van der Waals surface area contributed by atoms with Gasteiger partial charge in [0.15, 0.2) is 0 Å². The lowest BCUT2D eigenvalue weighted by Gasteiger charge is -2.40. The molecular weight excluding hydrogens is 347 g/mol. The first kappa shape index (κ1) is 18.0. The molecule has 1 spiro atoms. The van der Waals surface area contributed by atoms with Crippen molar-refractivity contribution in [1.29, 1.82) is 0 Å². The van der Waals surface area contributed by atoms with Crippen LogP contribution in [-0.4, -0.2) is 46.0 Å². The number of hydrogen-bond acceptors (Lipinski definition) is 3. The standard InChI is InChI=1S/C20H25FN4O2/c1-15(16-12-22-25(13-16)18-7-3-2-6-17(18)21)23-19(26)24-10-11-27-20(14-24)8-4-5-9-20/h2-3,6-7,12-13,15H,4-5,8-11,14H2,1H3,(H,23,26)/t15-/m1/s1. The highest BCUT2D eigenvalue weighted by Gasteiger charge is 2.40. The van der Waals surface area contributed by atoms with Crippen LogP contribution in [0.5, 0.6) is 0 Å². The second-order valence-electron chi connectivity index (χ2n) is 7.50. The van der Waals surface area contributed by atoms with Crippen LogP contribution in [0.15, 0.2) is 36.7 Å². The van der Waals surface area contributed by atoms with Gasteiger partial charge >= 0.3 is 6.03 Å². The topological polar surface area (TPSA) is 59.4 Å². The normalized spacial score (nSPS) is 20.0. The van der Waals surface area contributed by atoms with E-state index < -0.39 is 0 Å². The summed E-state index contributed by atoms with van der Waals surface area (Å²) in [7, 11) is 0. The van der Waals surface area contributed by atoms with Crippen molar-refractivity contribution in [3.8, 4) is 5.69 Å². The van der Waals surface area contributed by atoms with Gasteiger partial charge in [0.05, 0.1) is 31.0 Å². The fourth-order valence-corrected chi connectivity index (χ4v) is 4.03. The van der Waals surface area contributed by atoms with Gasteiger partial charge in [0.25, 0.3) is 0 Å². The first-order chi connectivity index (χ1) is 13.1. The highest BCUT2D eigenvalue weighted by atomic mass is 19.1.